The maximum absolute atomic E-state index is 13.4. The first-order chi connectivity index (χ1) is 8.36. The quantitative estimate of drug-likeness (QED) is 0.667. The van der Waals surface area contributed by atoms with E-state index in [0.717, 1.165) is 0 Å². The summed E-state index contributed by atoms with van der Waals surface area (Å²) in [5, 5.41) is 4.76. The van der Waals surface area contributed by atoms with Crippen molar-refractivity contribution in [2.75, 3.05) is 6.61 Å². The highest BCUT2D eigenvalue weighted by Crippen LogP contribution is 2.25. The van der Waals surface area contributed by atoms with Crippen LogP contribution in [-0.4, -0.2) is 15.0 Å². The van der Waals surface area contributed by atoms with Gasteiger partial charge >= 0.3 is 0 Å². The van der Waals surface area contributed by atoms with Crippen molar-refractivity contribution in [1.82, 2.24) is 0 Å². The van der Waals surface area contributed by atoms with Gasteiger partial charge in [-0.1, -0.05) is 0 Å². The third-order valence-electron chi connectivity index (χ3n) is 1.95. The van der Waals surface area contributed by atoms with Crippen LogP contribution in [0.15, 0.2) is 17.0 Å². The van der Waals surface area contributed by atoms with Crippen LogP contribution in [-0.2, 0) is 10.0 Å². The van der Waals surface area contributed by atoms with E-state index in [1.165, 1.54) is 0 Å². The predicted molar refractivity (Wildman–Crippen MR) is 61.3 cm³/mol. The molecule has 0 aliphatic carbocycles. The van der Waals surface area contributed by atoms with Crippen LogP contribution in [0.5, 0.6) is 5.75 Å². The molecule has 0 spiro atoms. The van der Waals surface area contributed by atoms with E-state index in [9.17, 15) is 17.2 Å². The van der Waals surface area contributed by atoms with Crippen molar-refractivity contribution in [2.45, 2.75) is 18.2 Å². The van der Waals surface area contributed by atoms with Gasteiger partial charge in [-0.3, -0.25) is 0 Å². The van der Waals surface area contributed by atoms with Crippen LogP contribution in [0, 0.1) is 23.5 Å². The number of sulfonamides is 1. The first kappa shape index (κ1) is 14.4. The van der Waals surface area contributed by atoms with Crippen molar-refractivity contribution in [1.29, 1.82) is 0 Å². The standard InChI is InChI=1S/C11H11F2NO3S/c1-2-3-4-5-17-11-9(12)6-8(7-10(11)13)18(14,15)16/h6-7H,4-5H2,1H3,(H2,14,15,16). The Hall–Kier alpha value is -1.65. The van der Waals surface area contributed by atoms with E-state index in [-0.39, 0.29) is 6.61 Å². The molecule has 1 aromatic rings. The van der Waals surface area contributed by atoms with Crippen LogP contribution in [0.1, 0.15) is 13.3 Å². The van der Waals surface area contributed by atoms with E-state index in [0.29, 0.717) is 18.6 Å². The normalized spacial score (nSPS) is 10.7. The van der Waals surface area contributed by atoms with Crippen LogP contribution in [0.2, 0.25) is 0 Å². The molecule has 0 aliphatic heterocycles. The molecule has 0 aliphatic rings. The molecular formula is C11H11F2NO3S. The van der Waals surface area contributed by atoms with Crippen LogP contribution >= 0.6 is 0 Å². The summed E-state index contributed by atoms with van der Waals surface area (Å²) in [5.74, 6) is 2.37. The predicted octanol–water partition coefficient (Wildman–Crippen LogP) is 1.40. The summed E-state index contributed by atoms with van der Waals surface area (Å²) in [7, 11) is -4.15. The molecule has 18 heavy (non-hydrogen) atoms. The van der Waals surface area contributed by atoms with Crippen LogP contribution < -0.4 is 9.88 Å². The zero-order chi connectivity index (χ0) is 13.8. The summed E-state index contributed by atoms with van der Waals surface area (Å²) in [5.41, 5.74) is 0. The molecule has 0 fully saturated rings. The number of benzene rings is 1. The molecular weight excluding hydrogens is 264 g/mol. The van der Waals surface area contributed by atoms with E-state index in [1.54, 1.807) is 6.92 Å². The molecule has 4 nitrogen and oxygen atoms in total. The number of hydrogen-bond donors (Lipinski definition) is 1. The molecule has 0 atom stereocenters. The lowest BCUT2D eigenvalue weighted by molar-refractivity contribution is 0.291. The third-order valence-corrected chi connectivity index (χ3v) is 2.84. The van der Waals surface area contributed by atoms with Gasteiger partial charge in [-0.25, -0.2) is 22.3 Å². The third kappa shape index (κ3) is 3.68. The monoisotopic (exact) mass is 275 g/mol. The van der Waals surface area contributed by atoms with Crippen molar-refractivity contribution < 1.29 is 21.9 Å². The number of nitrogens with two attached hydrogens (primary N) is 1. The highest BCUT2D eigenvalue weighted by Gasteiger charge is 2.17. The van der Waals surface area contributed by atoms with Gasteiger partial charge in [0.1, 0.15) is 0 Å². The number of hydrogen-bond acceptors (Lipinski definition) is 3. The fourth-order valence-corrected chi connectivity index (χ4v) is 1.70. The number of primary sulfonamides is 1. The van der Waals surface area contributed by atoms with Crippen LogP contribution in [0.25, 0.3) is 0 Å². The Labute approximate surface area is 104 Å². The Morgan fingerprint density at radius 3 is 2.33 bits per heavy atom. The smallest absolute Gasteiger partial charge is 0.238 e. The SMILES string of the molecule is CC#CCCOc1c(F)cc(S(N)(=O)=O)cc1F. The van der Waals surface area contributed by atoms with E-state index in [4.69, 9.17) is 9.88 Å². The van der Waals surface area contributed by atoms with E-state index >= 15 is 0 Å². The van der Waals surface area contributed by atoms with E-state index in [1.807, 2.05) is 0 Å². The van der Waals surface area contributed by atoms with Crippen molar-refractivity contribution in [3.63, 3.8) is 0 Å². The zero-order valence-electron chi connectivity index (χ0n) is 9.54. The molecule has 0 aromatic heterocycles. The Morgan fingerprint density at radius 2 is 1.89 bits per heavy atom. The Kier molecular flexibility index (Phi) is 4.64. The maximum atomic E-state index is 13.4. The van der Waals surface area contributed by atoms with Crippen molar-refractivity contribution >= 4 is 10.0 Å². The van der Waals surface area contributed by atoms with Crippen molar-refractivity contribution in [3.05, 3.63) is 23.8 Å². The summed E-state index contributed by atoms with van der Waals surface area (Å²) in [6, 6.07) is 1.22. The minimum Gasteiger partial charge on any atom is -0.487 e. The molecule has 0 heterocycles. The summed E-state index contributed by atoms with van der Waals surface area (Å²) in [6.45, 7) is 1.63. The summed E-state index contributed by atoms with van der Waals surface area (Å²) < 4.78 is 53.6. The first-order valence-corrected chi connectivity index (χ1v) is 6.45. The molecule has 0 saturated carbocycles. The number of ether oxygens (including phenoxy) is 1. The van der Waals surface area contributed by atoms with Gasteiger partial charge in [0.05, 0.1) is 11.5 Å². The van der Waals surface area contributed by atoms with Crippen molar-refractivity contribution in [2.24, 2.45) is 5.14 Å². The summed E-state index contributed by atoms with van der Waals surface area (Å²) >= 11 is 0. The Morgan fingerprint density at radius 1 is 1.33 bits per heavy atom. The second-order valence-corrected chi connectivity index (χ2v) is 4.85. The zero-order valence-corrected chi connectivity index (χ0v) is 10.4. The fraction of sp³-hybridized carbons (Fsp3) is 0.273. The molecule has 0 saturated heterocycles. The molecule has 0 unspecified atom stereocenters. The molecule has 0 bridgehead atoms. The average Bonchev–Trinajstić information content (AvgIpc) is 2.25. The molecule has 0 radical (unpaired) electrons. The van der Waals surface area contributed by atoms with Crippen LogP contribution in [0.4, 0.5) is 8.78 Å². The molecule has 0 amide bonds. The maximum Gasteiger partial charge on any atom is 0.238 e. The van der Waals surface area contributed by atoms with Gasteiger partial charge in [0, 0.05) is 6.42 Å². The minimum absolute atomic E-state index is 0.00337. The van der Waals surface area contributed by atoms with Gasteiger partial charge in [0.2, 0.25) is 10.0 Å². The van der Waals surface area contributed by atoms with Gasteiger partial charge < -0.3 is 4.74 Å². The molecule has 98 valence electrons. The summed E-state index contributed by atoms with van der Waals surface area (Å²) in [4.78, 5) is -0.641. The lowest BCUT2D eigenvalue weighted by Gasteiger charge is -2.08. The van der Waals surface area contributed by atoms with E-state index in [2.05, 4.69) is 11.8 Å². The topological polar surface area (TPSA) is 69.4 Å². The average molecular weight is 275 g/mol. The number of rotatable bonds is 4. The van der Waals surface area contributed by atoms with Crippen LogP contribution in [0.3, 0.4) is 0 Å². The number of halogens is 2. The van der Waals surface area contributed by atoms with Gasteiger partial charge in [-0.2, -0.15) is 0 Å². The Balaban J connectivity index is 2.97. The highest BCUT2D eigenvalue weighted by atomic mass is 32.2. The molecule has 2 N–H and O–H groups in total. The lowest BCUT2D eigenvalue weighted by atomic mass is 10.3. The molecule has 1 aromatic carbocycles. The minimum atomic E-state index is -4.15. The Bertz CT molecular complexity index is 579. The fourth-order valence-electron chi connectivity index (χ4n) is 1.17. The molecule has 1 rings (SSSR count). The first-order valence-electron chi connectivity index (χ1n) is 4.90. The second-order valence-electron chi connectivity index (χ2n) is 3.29. The molecule has 7 heteroatoms. The van der Waals surface area contributed by atoms with Gasteiger partial charge in [0.15, 0.2) is 17.4 Å². The second kappa shape index (κ2) is 5.80. The largest absolute Gasteiger partial charge is 0.487 e. The highest BCUT2D eigenvalue weighted by molar-refractivity contribution is 7.89. The lowest BCUT2D eigenvalue weighted by Crippen LogP contribution is -2.13. The van der Waals surface area contributed by atoms with Crippen molar-refractivity contribution in [3.8, 4) is 17.6 Å². The van der Waals surface area contributed by atoms with Gasteiger partial charge in [0.25, 0.3) is 0 Å². The summed E-state index contributed by atoms with van der Waals surface area (Å²) in [6.07, 6.45) is 0.312. The van der Waals surface area contributed by atoms with Gasteiger partial charge in [-0.05, 0) is 19.1 Å². The van der Waals surface area contributed by atoms with Gasteiger partial charge in [-0.15, -0.1) is 11.8 Å². The van der Waals surface area contributed by atoms with E-state index < -0.39 is 32.3 Å².